The third kappa shape index (κ3) is 3.70. The lowest BCUT2D eigenvalue weighted by Crippen LogP contribution is -2.43. The van der Waals surface area contributed by atoms with Crippen molar-refractivity contribution in [1.29, 1.82) is 0 Å². The summed E-state index contributed by atoms with van der Waals surface area (Å²) in [5, 5.41) is 12.2. The topological polar surface area (TPSA) is 75.4 Å². The van der Waals surface area contributed by atoms with Crippen molar-refractivity contribution in [2.24, 2.45) is 11.1 Å². The van der Waals surface area contributed by atoms with E-state index in [1.54, 1.807) is 24.3 Å². The first-order chi connectivity index (χ1) is 9.04. The predicted molar refractivity (Wildman–Crippen MR) is 74.8 cm³/mol. The molecule has 1 fully saturated rings. The van der Waals surface area contributed by atoms with Gasteiger partial charge >= 0.3 is 0 Å². The zero-order valence-electron chi connectivity index (χ0n) is 11.4. The second-order valence-electron chi connectivity index (χ2n) is 5.55. The van der Waals surface area contributed by atoms with Crippen LogP contribution in [0.5, 0.6) is 5.75 Å². The van der Waals surface area contributed by atoms with Crippen LogP contribution in [0.4, 0.5) is 0 Å². The second-order valence-corrected chi connectivity index (χ2v) is 5.55. The van der Waals surface area contributed by atoms with E-state index in [9.17, 15) is 9.90 Å². The Labute approximate surface area is 114 Å². The minimum absolute atomic E-state index is 0.0900. The molecule has 0 bridgehead atoms. The molecule has 2 rings (SSSR count). The number of nitrogens with one attached hydrogen (secondary N) is 1. The maximum atomic E-state index is 11.9. The molecule has 19 heavy (non-hydrogen) atoms. The monoisotopic (exact) mass is 262 g/mol. The number of hydrogen-bond donors (Lipinski definition) is 3. The molecule has 1 amide bonds. The molecule has 0 heterocycles. The lowest BCUT2D eigenvalue weighted by atomic mass is 10.0. The Hall–Kier alpha value is -1.55. The molecule has 0 aliphatic heterocycles. The summed E-state index contributed by atoms with van der Waals surface area (Å²) in [7, 11) is 0. The molecule has 1 aromatic carbocycles. The first kappa shape index (κ1) is 13.9. The second kappa shape index (κ2) is 5.61. The number of amides is 1. The minimum Gasteiger partial charge on any atom is -0.508 e. The summed E-state index contributed by atoms with van der Waals surface area (Å²) < 4.78 is 0. The average molecular weight is 262 g/mol. The fraction of sp³-hybridized carbons (Fsp3) is 0.533. The van der Waals surface area contributed by atoms with E-state index in [2.05, 4.69) is 12.2 Å². The Morgan fingerprint density at radius 1 is 1.42 bits per heavy atom. The summed E-state index contributed by atoms with van der Waals surface area (Å²) in [6.45, 7) is 2.90. The normalized spacial score (nSPS) is 17.8. The van der Waals surface area contributed by atoms with E-state index in [0.717, 1.165) is 18.5 Å². The molecule has 0 radical (unpaired) electrons. The standard InChI is InChI=1S/C15H22N2O2/c1-2-15(7-8-15)10-17-14(19)13(16)9-11-3-5-12(18)6-4-11/h3-6,13,18H,2,7-10,16H2,1H3,(H,17,19). The number of hydrogen-bond acceptors (Lipinski definition) is 3. The van der Waals surface area contributed by atoms with Crippen LogP contribution in [0.3, 0.4) is 0 Å². The highest BCUT2D eigenvalue weighted by Crippen LogP contribution is 2.47. The molecular formula is C15H22N2O2. The summed E-state index contributed by atoms with van der Waals surface area (Å²) >= 11 is 0. The van der Waals surface area contributed by atoms with E-state index in [-0.39, 0.29) is 11.7 Å². The van der Waals surface area contributed by atoms with Gasteiger partial charge in [-0.05, 0) is 48.8 Å². The van der Waals surface area contributed by atoms with Crippen molar-refractivity contribution in [3.05, 3.63) is 29.8 Å². The zero-order chi connectivity index (χ0) is 13.9. The SMILES string of the molecule is CCC1(CNC(=O)C(N)Cc2ccc(O)cc2)CC1. The third-order valence-electron chi connectivity index (χ3n) is 4.07. The lowest BCUT2D eigenvalue weighted by molar-refractivity contribution is -0.122. The molecule has 4 heteroatoms. The van der Waals surface area contributed by atoms with E-state index in [4.69, 9.17) is 5.73 Å². The van der Waals surface area contributed by atoms with Crippen molar-refractivity contribution in [3.63, 3.8) is 0 Å². The van der Waals surface area contributed by atoms with Gasteiger partial charge in [0.2, 0.25) is 5.91 Å². The van der Waals surface area contributed by atoms with Gasteiger partial charge in [-0.25, -0.2) is 0 Å². The smallest absolute Gasteiger partial charge is 0.237 e. The number of aromatic hydroxyl groups is 1. The lowest BCUT2D eigenvalue weighted by Gasteiger charge is -2.16. The van der Waals surface area contributed by atoms with Gasteiger partial charge in [-0.2, -0.15) is 0 Å². The van der Waals surface area contributed by atoms with Gasteiger partial charge in [0, 0.05) is 6.54 Å². The highest BCUT2D eigenvalue weighted by Gasteiger charge is 2.40. The molecule has 104 valence electrons. The molecule has 1 unspecified atom stereocenters. The number of benzene rings is 1. The molecule has 0 saturated heterocycles. The average Bonchev–Trinajstić information content (AvgIpc) is 3.19. The van der Waals surface area contributed by atoms with Gasteiger partial charge in [0.1, 0.15) is 5.75 Å². The Morgan fingerprint density at radius 2 is 2.05 bits per heavy atom. The molecule has 1 aliphatic carbocycles. The Bertz CT molecular complexity index is 438. The van der Waals surface area contributed by atoms with E-state index in [1.807, 2.05) is 0 Å². The zero-order valence-corrected chi connectivity index (χ0v) is 11.4. The van der Waals surface area contributed by atoms with Crippen molar-refractivity contribution in [3.8, 4) is 5.75 Å². The number of nitrogens with two attached hydrogens (primary N) is 1. The summed E-state index contributed by atoms with van der Waals surface area (Å²) in [5.74, 6) is 0.133. The fourth-order valence-corrected chi connectivity index (χ4v) is 2.22. The number of carbonyl (C=O) groups excluding carboxylic acids is 1. The number of phenols is 1. The molecular weight excluding hydrogens is 240 g/mol. The van der Waals surface area contributed by atoms with Crippen molar-refractivity contribution in [1.82, 2.24) is 5.32 Å². The van der Waals surface area contributed by atoms with Gasteiger partial charge in [0.15, 0.2) is 0 Å². The van der Waals surface area contributed by atoms with E-state index in [1.165, 1.54) is 12.8 Å². The number of rotatable bonds is 6. The molecule has 0 spiro atoms. The number of carbonyl (C=O) groups is 1. The Balaban J connectivity index is 1.80. The van der Waals surface area contributed by atoms with Crippen LogP contribution in [0, 0.1) is 5.41 Å². The minimum atomic E-state index is -0.530. The van der Waals surface area contributed by atoms with Crippen LogP contribution < -0.4 is 11.1 Å². The Morgan fingerprint density at radius 3 is 2.58 bits per heavy atom. The quantitative estimate of drug-likeness (QED) is 0.728. The summed E-state index contributed by atoms with van der Waals surface area (Å²) in [5.41, 5.74) is 7.20. The van der Waals surface area contributed by atoms with Crippen LogP contribution in [-0.4, -0.2) is 23.6 Å². The fourth-order valence-electron chi connectivity index (χ4n) is 2.22. The van der Waals surface area contributed by atoms with Crippen LogP contribution in [0.15, 0.2) is 24.3 Å². The van der Waals surface area contributed by atoms with E-state index in [0.29, 0.717) is 11.8 Å². The maximum Gasteiger partial charge on any atom is 0.237 e. The molecule has 4 N–H and O–H groups in total. The van der Waals surface area contributed by atoms with Crippen LogP contribution in [0.1, 0.15) is 31.7 Å². The summed E-state index contributed by atoms with van der Waals surface area (Å²) in [4.78, 5) is 11.9. The molecule has 0 aromatic heterocycles. The molecule has 1 aliphatic rings. The van der Waals surface area contributed by atoms with Crippen LogP contribution in [0.25, 0.3) is 0 Å². The largest absolute Gasteiger partial charge is 0.508 e. The summed E-state index contributed by atoms with van der Waals surface area (Å²) in [6, 6.07) is 6.26. The predicted octanol–water partition coefficient (Wildman–Crippen LogP) is 1.57. The van der Waals surface area contributed by atoms with Gasteiger partial charge < -0.3 is 16.2 Å². The highest BCUT2D eigenvalue weighted by molar-refractivity contribution is 5.81. The van der Waals surface area contributed by atoms with Crippen molar-refractivity contribution < 1.29 is 9.90 Å². The van der Waals surface area contributed by atoms with Gasteiger partial charge in [-0.15, -0.1) is 0 Å². The molecule has 1 aromatic rings. The first-order valence-corrected chi connectivity index (χ1v) is 6.86. The Kier molecular flexibility index (Phi) is 4.10. The maximum absolute atomic E-state index is 11.9. The van der Waals surface area contributed by atoms with E-state index >= 15 is 0 Å². The molecule has 4 nitrogen and oxygen atoms in total. The van der Waals surface area contributed by atoms with Gasteiger partial charge in [0.25, 0.3) is 0 Å². The molecule has 1 saturated carbocycles. The van der Waals surface area contributed by atoms with Crippen LogP contribution in [0.2, 0.25) is 0 Å². The highest BCUT2D eigenvalue weighted by atomic mass is 16.3. The van der Waals surface area contributed by atoms with Crippen molar-refractivity contribution in [2.45, 2.75) is 38.6 Å². The van der Waals surface area contributed by atoms with Gasteiger partial charge in [-0.3, -0.25) is 4.79 Å². The van der Waals surface area contributed by atoms with Crippen LogP contribution in [-0.2, 0) is 11.2 Å². The van der Waals surface area contributed by atoms with Crippen LogP contribution >= 0.6 is 0 Å². The van der Waals surface area contributed by atoms with Gasteiger partial charge in [-0.1, -0.05) is 19.1 Å². The van der Waals surface area contributed by atoms with Gasteiger partial charge in [0.05, 0.1) is 6.04 Å². The van der Waals surface area contributed by atoms with Crippen molar-refractivity contribution in [2.75, 3.05) is 6.54 Å². The molecule has 1 atom stereocenters. The first-order valence-electron chi connectivity index (χ1n) is 6.86. The third-order valence-corrected chi connectivity index (χ3v) is 4.07. The number of phenolic OH excluding ortho intramolecular Hbond substituents is 1. The van der Waals surface area contributed by atoms with Crippen molar-refractivity contribution >= 4 is 5.91 Å². The van der Waals surface area contributed by atoms with E-state index < -0.39 is 6.04 Å². The summed E-state index contributed by atoms with van der Waals surface area (Å²) in [6.07, 6.45) is 4.01.